The average molecular weight is 1410 g/mol. The summed E-state index contributed by atoms with van der Waals surface area (Å²) in [7, 11) is 0. The topological polar surface area (TPSA) is 92.1 Å². The van der Waals surface area contributed by atoms with Crippen molar-refractivity contribution in [1.29, 1.82) is 0 Å². The van der Waals surface area contributed by atoms with Crippen molar-refractivity contribution in [3.63, 3.8) is 0 Å². The van der Waals surface area contributed by atoms with Crippen LogP contribution in [0.25, 0.3) is 17.8 Å². The molecule has 0 N–H and O–H groups in total. The van der Waals surface area contributed by atoms with Crippen molar-refractivity contribution in [2.24, 2.45) is 0 Å². The SMILES string of the molecule is Ic1nc(I)n(-c2nc(-n3c(I)nc(I)c3I)nc(-n3c(I)nc(I)c3I)n2)c1I. The molecular weight excluding hydrogens is 1410 g/mol. The van der Waals surface area contributed by atoms with Gasteiger partial charge in [0.05, 0.1) is 0 Å². The monoisotopic (exact) mass is 1410 g/mol. The first-order valence-electron chi connectivity index (χ1n) is 7.15. The fraction of sp³-hybridized carbons (Fsp3) is 0. The summed E-state index contributed by atoms with van der Waals surface area (Å²) in [4.78, 5) is 28.0. The fourth-order valence-corrected chi connectivity index (χ4v) is 10.2. The molecule has 0 fully saturated rings. The lowest BCUT2D eigenvalue weighted by molar-refractivity contribution is 0.762. The van der Waals surface area contributed by atoms with Gasteiger partial charge >= 0.3 is 0 Å². The van der Waals surface area contributed by atoms with Gasteiger partial charge in [0.25, 0.3) is 0 Å². The molecule has 0 aliphatic carbocycles. The standard InChI is InChI=1S/C12I9N9/c13-1-4(16)28(7(19)22-1)10-25-11(29-5(17)2(14)23-8(29)20)27-12(26-10)30-6(18)3(15)24-9(30)21. The predicted octanol–water partition coefficient (Wildman–Crippen LogP) is 5.87. The highest BCUT2D eigenvalue weighted by Crippen LogP contribution is 2.27. The van der Waals surface area contributed by atoms with E-state index in [2.05, 4.69) is 218 Å². The van der Waals surface area contributed by atoms with Crippen molar-refractivity contribution in [2.75, 3.05) is 0 Å². The maximum absolute atomic E-state index is 4.79. The number of hydrogen-bond donors (Lipinski definition) is 0. The van der Waals surface area contributed by atoms with Gasteiger partial charge in [-0.3, -0.25) is 0 Å². The molecule has 18 heteroatoms. The van der Waals surface area contributed by atoms with Gasteiger partial charge in [0.1, 0.15) is 22.2 Å². The van der Waals surface area contributed by atoms with E-state index < -0.39 is 0 Å². The quantitative estimate of drug-likeness (QED) is 0.239. The van der Waals surface area contributed by atoms with E-state index in [0.717, 1.165) is 33.7 Å². The highest BCUT2D eigenvalue weighted by atomic mass is 127. The zero-order valence-corrected chi connectivity index (χ0v) is 32.8. The van der Waals surface area contributed by atoms with Crippen molar-refractivity contribution >= 4 is 203 Å². The normalized spacial score (nSPS) is 11.5. The molecule has 0 radical (unpaired) electrons. The fourth-order valence-electron chi connectivity index (χ4n) is 2.21. The lowest BCUT2D eigenvalue weighted by Crippen LogP contribution is -2.17. The van der Waals surface area contributed by atoms with E-state index in [1.165, 1.54) is 0 Å². The van der Waals surface area contributed by atoms with Gasteiger partial charge in [-0.15, -0.1) is 0 Å². The first kappa shape index (κ1) is 26.3. The molecule has 156 valence electrons. The van der Waals surface area contributed by atoms with Crippen LogP contribution in [0, 0.1) is 33.7 Å². The number of nitrogens with zero attached hydrogens (tertiary/aromatic N) is 9. The maximum Gasteiger partial charge on any atom is 0.243 e. The molecular formula is C12I9N9. The first-order chi connectivity index (χ1) is 14.1. The maximum atomic E-state index is 4.79. The number of aromatic nitrogens is 9. The summed E-state index contributed by atoms with van der Waals surface area (Å²) in [5.74, 6) is 1.47. The van der Waals surface area contributed by atoms with Gasteiger partial charge in [-0.25, -0.2) is 28.7 Å². The van der Waals surface area contributed by atoms with E-state index in [9.17, 15) is 0 Å². The van der Waals surface area contributed by atoms with Gasteiger partial charge in [-0.2, -0.15) is 15.0 Å². The van der Waals surface area contributed by atoms with Gasteiger partial charge in [0.15, 0.2) is 11.5 Å². The Kier molecular flexibility index (Phi) is 9.35. The molecule has 0 aliphatic heterocycles. The zero-order chi connectivity index (χ0) is 21.9. The minimum atomic E-state index is 0.491. The first-order valence-corrected chi connectivity index (χ1v) is 16.9. The highest BCUT2D eigenvalue weighted by Gasteiger charge is 2.23. The van der Waals surface area contributed by atoms with Crippen molar-refractivity contribution in [3.8, 4) is 17.8 Å². The molecule has 4 heterocycles. The number of halogens is 9. The van der Waals surface area contributed by atoms with Crippen LogP contribution in [0.5, 0.6) is 0 Å². The summed E-state index contributed by atoms with van der Waals surface area (Å²) in [6.45, 7) is 0. The van der Waals surface area contributed by atoms with Crippen LogP contribution in [0.4, 0.5) is 0 Å². The minimum Gasteiger partial charge on any atom is -0.249 e. The van der Waals surface area contributed by atoms with Crippen LogP contribution in [0.3, 0.4) is 0 Å². The van der Waals surface area contributed by atoms with Crippen LogP contribution in [-0.2, 0) is 0 Å². The summed E-state index contributed by atoms with van der Waals surface area (Å²) in [6, 6.07) is 0. The molecule has 9 nitrogen and oxygen atoms in total. The highest BCUT2D eigenvalue weighted by molar-refractivity contribution is 14.1. The molecule has 0 atom stereocenters. The van der Waals surface area contributed by atoms with Crippen molar-refractivity contribution < 1.29 is 0 Å². The molecule has 0 saturated carbocycles. The third-order valence-corrected chi connectivity index (χ3v) is 13.9. The molecule has 0 amide bonds. The van der Waals surface area contributed by atoms with Crippen molar-refractivity contribution in [3.05, 3.63) is 33.7 Å². The van der Waals surface area contributed by atoms with Gasteiger partial charge in [-0.1, -0.05) is 0 Å². The number of hydrogen-bond acceptors (Lipinski definition) is 6. The average Bonchev–Trinajstić information content (AvgIpc) is 3.18. The van der Waals surface area contributed by atoms with Crippen LogP contribution in [-0.4, -0.2) is 43.6 Å². The largest absolute Gasteiger partial charge is 0.249 e. The molecule has 30 heavy (non-hydrogen) atoms. The van der Waals surface area contributed by atoms with Gasteiger partial charge in [0.2, 0.25) is 17.8 Å². The Bertz CT molecular complexity index is 1140. The summed E-state index contributed by atoms with van der Waals surface area (Å²) in [6.07, 6.45) is 0. The van der Waals surface area contributed by atoms with E-state index in [4.69, 9.17) is 15.0 Å². The Morgan fingerprint density at radius 2 is 0.600 bits per heavy atom. The zero-order valence-electron chi connectivity index (χ0n) is 13.4. The minimum absolute atomic E-state index is 0.491. The van der Waals surface area contributed by atoms with Crippen LogP contribution < -0.4 is 0 Å². The second-order valence-electron chi connectivity index (χ2n) is 5.13. The summed E-state index contributed by atoms with van der Waals surface area (Å²) >= 11 is 20.0. The smallest absolute Gasteiger partial charge is 0.243 e. The van der Waals surface area contributed by atoms with Crippen LogP contribution in [0.15, 0.2) is 0 Å². The summed E-state index contributed by atoms with van der Waals surface area (Å²) < 4.78 is 13.6. The molecule has 4 aromatic heterocycles. The van der Waals surface area contributed by atoms with E-state index in [0.29, 0.717) is 17.8 Å². The van der Waals surface area contributed by atoms with Gasteiger partial charge in [-0.05, 0) is 136 Å². The lowest BCUT2D eigenvalue weighted by atomic mass is 10.7. The molecule has 0 aliphatic rings. The van der Waals surface area contributed by atoms with E-state index in [-0.39, 0.29) is 0 Å². The van der Waals surface area contributed by atoms with E-state index in [1.807, 2.05) is 13.7 Å². The molecule has 0 unspecified atom stereocenters. The van der Waals surface area contributed by atoms with E-state index in [1.54, 1.807) is 0 Å². The second kappa shape index (κ2) is 10.7. The third-order valence-electron chi connectivity index (χ3n) is 3.42. The Balaban J connectivity index is 2.07. The Labute approximate surface area is 292 Å². The lowest BCUT2D eigenvalue weighted by Gasteiger charge is -2.12. The number of rotatable bonds is 3. The Morgan fingerprint density at radius 1 is 0.367 bits per heavy atom. The van der Waals surface area contributed by atoms with Crippen molar-refractivity contribution in [1.82, 2.24) is 43.6 Å². The second-order valence-corrected chi connectivity index (χ2v) is 14.2. The molecule has 0 saturated heterocycles. The van der Waals surface area contributed by atoms with Crippen molar-refractivity contribution in [2.45, 2.75) is 0 Å². The predicted molar refractivity (Wildman–Crippen MR) is 186 cm³/mol. The van der Waals surface area contributed by atoms with E-state index >= 15 is 0 Å². The molecule has 0 spiro atoms. The Morgan fingerprint density at radius 3 is 0.767 bits per heavy atom. The van der Waals surface area contributed by atoms with Crippen LogP contribution in [0.2, 0.25) is 0 Å². The molecule has 0 aromatic carbocycles. The summed E-state index contributed by atoms with van der Waals surface area (Å²) in [5.41, 5.74) is 0. The summed E-state index contributed by atoms with van der Waals surface area (Å²) in [5, 5.41) is 0. The Hall–Kier alpha value is 3.21. The molecule has 4 rings (SSSR count). The van der Waals surface area contributed by atoms with Crippen LogP contribution >= 0.6 is 203 Å². The molecule has 0 bridgehead atoms. The van der Waals surface area contributed by atoms with Gasteiger partial charge in [0, 0.05) is 67.8 Å². The molecule has 4 aromatic rings. The third kappa shape index (κ3) is 5.04. The van der Waals surface area contributed by atoms with Crippen LogP contribution in [0.1, 0.15) is 0 Å². The van der Waals surface area contributed by atoms with Gasteiger partial charge < -0.3 is 0 Å². The number of imidazole rings is 3.